The second kappa shape index (κ2) is 6.06. The molecule has 2 fully saturated rings. The van der Waals surface area contributed by atoms with Gasteiger partial charge in [-0.2, -0.15) is 0 Å². The van der Waals surface area contributed by atoms with E-state index in [9.17, 15) is 14.9 Å². The van der Waals surface area contributed by atoms with E-state index in [2.05, 4.69) is 0 Å². The number of hydrogen-bond acceptors (Lipinski definition) is 5. The Hall–Kier alpha value is -2.31. The average Bonchev–Trinajstić information content (AvgIpc) is 3.29. The van der Waals surface area contributed by atoms with Crippen LogP contribution in [0.4, 0.5) is 11.4 Å². The largest absolute Gasteiger partial charge is 0.490 e. The minimum Gasteiger partial charge on any atom is -0.490 e. The summed E-state index contributed by atoms with van der Waals surface area (Å²) in [4.78, 5) is 27.0. The summed E-state index contributed by atoms with van der Waals surface area (Å²) in [7, 11) is 3.27. The van der Waals surface area contributed by atoms with E-state index < -0.39 is 4.92 Å². The second-order valence-electron chi connectivity index (χ2n) is 6.20. The standard InChI is InChI=1S/C16H21N3O4/c1-17(12-8-9-18(10-12)16(20)11-6-7-11)13-4-3-5-14(23-2)15(13)19(21)22/h3-5,11-12H,6-10H2,1-2H3. The van der Waals surface area contributed by atoms with Crippen molar-refractivity contribution in [1.82, 2.24) is 4.90 Å². The number of anilines is 1. The third kappa shape index (κ3) is 2.95. The summed E-state index contributed by atoms with van der Waals surface area (Å²) in [6.45, 7) is 1.35. The van der Waals surface area contributed by atoms with Gasteiger partial charge in [-0.25, -0.2) is 0 Å². The Bertz CT molecular complexity index is 630. The lowest BCUT2D eigenvalue weighted by atomic mass is 10.1. The van der Waals surface area contributed by atoms with Crippen LogP contribution in [0.5, 0.6) is 5.75 Å². The van der Waals surface area contributed by atoms with Gasteiger partial charge >= 0.3 is 5.69 Å². The van der Waals surface area contributed by atoms with Crippen molar-refractivity contribution in [1.29, 1.82) is 0 Å². The molecule has 2 aliphatic rings. The van der Waals surface area contributed by atoms with Gasteiger partial charge in [0.25, 0.3) is 0 Å². The molecule has 1 saturated heterocycles. The van der Waals surface area contributed by atoms with Crippen LogP contribution in [0.25, 0.3) is 0 Å². The highest BCUT2D eigenvalue weighted by molar-refractivity contribution is 5.81. The van der Waals surface area contributed by atoms with Crippen molar-refractivity contribution in [3.8, 4) is 5.75 Å². The van der Waals surface area contributed by atoms with Gasteiger partial charge in [-0.1, -0.05) is 6.07 Å². The summed E-state index contributed by atoms with van der Waals surface area (Å²) in [6.07, 6.45) is 2.82. The van der Waals surface area contributed by atoms with Crippen LogP contribution in [0.15, 0.2) is 18.2 Å². The molecule has 7 heteroatoms. The first-order valence-corrected chi connectivity index (χ1v) is 7.86. The van der Waals surface area contributed by atoms with Crippen LogP contribution in [-0.2, 0) is 4.79 Å². The van der Waals surface area contributed by atoms with Crippen molar-refractivity contribution in [3.63, 3.8) is 0 Å². The van der Waals surface area contributed by atoms with E-state index in [0.717, 1.165) is 25.8 Å². The molecule has 124 valence electrons. The van der Waals surface area contributed by atoms with Gasteiger partial charge in [0.2, 0.25) is 5.91 Å². The molecule has 1 aliphatic heterocycles. The number of ether oxygens (including phenoxy) is 1. The van der Waals surface area contributed by atoms with E-state index in [1.807, 2.05) is 16.8 Å². The Labute approximate surface area is 135 Å². The normalized spacial score (nSPS) is 20.4. The quantitative estimate of drug-likeness (QED) is 0.613. The van der Waals surface area contributed by atoms with E-state index >= 15 is 0 Å². The molecule has 1 aromatic rings. The highest BCUT2D eigenvalue weighted by Gasteiger charge is 2.38. The highest BCUT2D eigenvalue weighted by atomic mass is 16.6. The minimum atomic E-state index is -0.410. The number of nitro benzene ring substituents is 1. The van der Waals surface area contributed by atoms with Crippen LogP contribution in [0.1, 0.15) is 19.3 Å². The lowest BCUT2D eigenvalue weighted by molar-refractivity contribution is -0.385. The molecular formula is C16H21N3O4. The maximum absolute atomic E-state index is 12.2. The number of methoxy groups -OCH3 is 1. The van der Waals surface area contributed by atoms with Gasteiger partial charge in [-0.3, -0.25) is 14.9 Å². The number of rotatable bonds is 5. The van der Waals surface area contributed by atoms with Crippen molar-refractivity contribution in [2.75, 3.05) is 32.1 Å². The predicted molar refractivity (Wildman–Crippen MR) is 85.8 cm³/mol. The Morgan fingerprint density at radius 3 is 2.74 bits per heavy atom. The van der Waals surface area contributed by atoms with Crippen molar-refractivity contribution >= 4 is 17.3 Å². The third-order valence-corrected chi connectivity index (χ3v) is 4.71. The zero-order valence-electron chi connectivity index (χ0n) is 13.4. The summed E-state index contributed by atoms with van der Waals surface area (Å²) in [6, 6.07) is 5.15. The molecule has 23 heavy (non-hydrogen) atoms. The molecular weight excluding hydrogens is 298 g/mol. The smallest absolute Gasteiger partial charge is 0.333 e. The van der Waals surface area contributed by atoms with Crippen LogP contribution >= 0.6 is 0 Å². The maximum Gasteiger partial charge on any atom is 0.333 e. The van der Waals surface area contributed by atoms with Gasteiger partial charge in [0.05, 0.1) is 12.0 Å². The fourth-order valence-electron chi connectivity index (χ4n) is 3.19. The molecule has 1 aliphatic carbocycles. The summed E-state index contributed by atoms with van der Waals surface area (Å²) < 4.78 is 5.13. The number of benzene rings is 1. The number of hydrogen-bond donors (Lipinski definition) is 0. The van der Waals surface area contributed by atoms with E-state index in [0.29, 0.717) is 12.2 Å². The number of carbonyl (C=O) groups is 1. The molecule has 1 heterocycles. The monoisotopic (exact) mass is 319 g/mol. The van der Waals surface area contributed by atoms with Crippen LogP contribution in [0.2, 0.25) is 0 Å². The molecule has 3 rings (SSSR count). The van der Waals surface area contributed by atoms with Crippen molar-refractivity contribution in [2.45, 2.75) is 25.3 Å². The zero-order chi connectivity index (χ0) is 16.6. The first-order chi connectivity index (χ1) is 11.0. The van der Waals surface area contributed by atoms with Gasteiger partial charge in [-0.15, -0.1) is 0 Å². The van der Waals surface area contributed by atoms with Crippen LogP contribution in [-0.4, -0.2) is 49.0 Å². The molecule has 0 aromatic heterocycles. The molecule has 0 bridgehead atoms. The van der Waals surface area contributed by atoms with Gasteiger partial charge in [0.1, 0.15) is 5.69 Å². The summed E-state index contributed by atoms with van der Waals surface area (Å²) in [5.74, 6) is 0.703. The van der Waals surface area contributed by atoms with Crippen LogP contribution in [0, 0.1) is 16.0 Å². The maximum atomic E-state index is 12.2. The number of amides is 1. The first-order valence-electron chi connectivity index (χ1n) is 7.86. The third-order valence-electron chi connectivity index (χ3n) is 4.71. The number of likely N-dealkylation sites (N-methyl/N-ethyl adjacent to an activating group) is 1. The van der Waals surface area contributed by atoms with E-state index in [1.165, 1.54) is 7.11 Å². The topological polar surface area (TPSA) is 75.9 Å². The Kier molecular flexibility index (Phi) is 4.11. The average molecular weight is 319 g/mol. The molecule has 0 N–H and O–H groups in total. The highest BCUT2D eigenvalue weighted by Crippen LogP contribution is 2.38. The van der Waals surface area contributed by atoms with Gasteiger partial charge in [0.15, 0.2) is 5.75 Å². The molecule has 1 saturated carbocycles. The molecule has 0 spiro atoms. The first kappa shape index (κ1) is 15.6. The van der Waals surface area contributed by atoms with Crippen molar-refractivity contribution in [3.05, 3.63) is 28.3 Å². The Morgan fingerprint density at radius 2 is 2.13 bits per heavy atom. The minimum absolute atomic E-state index is 0.0236. The van der Waals surface area contributed by atoms with Gasteiger partial charge in [0, 0.05) is 32.1 Å². The van der Waals surface area contributed by atoms with Crippen LogP contribution in [0.3, 0.4) is 0 Å². The summed E-state index contributed by atoms with van der Waals surface area (Å²) in [5, 5.41) is 11.4. The second-order valence-corrected chi connectivity index (χ2v) is 6.20. The summed E-state index contributed by atoms with van der Waals surface area (Å²) >= 11 is 0. The number of nitro groups is 1. The Morgan fingerprint density at radius 1 is 1.39 bits per heavy atom. The molecule has 1 amide bonds. The lowest BCUT2D eigenvalue weighted by Gasteiger charge is -2.27. The molecule has 1 unspecified atom stereocenters. The molecule has 0 radical (unpaired) electrons. The van der Waals surface area contributed by atoms with Crippen LogP contribution < -0.4 is 9.64 Å². The fraction of sp³-hybridized carbons (Fsp3) is 0.562. The Balaban J connectivity index is 1.79. The lowest BCUT2D eigenvalue weighted by Crippen LogP contribution is -2.37. The van der Waals surface area contributed by atoms with Crippen molar-refractivity contribution in [2.24, 2.45) is 5.92 Å². The number of nitrogens with zero attached hydrogens (tertiary/aromatic N) is 3. The molecule has 1 atom stereocenters. The van der Waals surface area contributed by atoms with Crippen molar-refractivity contribution < 1.29 is 14.5 Å². The molecule has 7 nitrogen and oxygen atoms in total. The van der Waals surface area contributed by atoms with Gasteiger partial charge < -0.3 is 14.5 Å². The zero-order valence-corrected chi connectivity index (χ0v) is 13.4. The van der Waals surface area contributed by atoms with E-state index in [-0.39, 0.29) is 29.3 Å². The number of carbonyl (C=O) groups excluding carboxylic acids is 1. The SMILES string of the molecule is COc1cccc(N(C)C2CCN(C(=O)C3CC3)C2)c1[N+](=O)[O-]. The summed E-state index contributed by atoms with van der Waals surface area (Å²) in [5.41, 5.74) is 0.504. The van der Waals surface area contributed by atoms with E-state index in [1.54, 1.807) is 18.2 Å². The fourth-order valence-corrected chi connectivity index (χ4v) is 3.19. The molecule has 1 aromatic carbocycles. The predicted octanol–water partition coefficient (Wildman–Crippen LogP) is 2.05. The van der Waals surface area contributed by atoms with E-state index in [4.69, 9.17) is 4.74 Å². The number of likely N-dealkylation sites (tertiary alicyclic amines) is 1. The van der Waals surface area contributed by atoms with Gasteiger partial charge in [-0.05, 0) is 31.4 Å². The number of para-hydroxylation sites is 1.